The summed E-state index contributed by atoms with van der Waals surface area (Å²) in [6.07, 6.45) is 3.66. The third-order valence-corrected chi connectivity index (χ3v) is 7.86. The lowest BCUT2D eigenvalue weighted by Crippen LogP contribution is -2.28. The van der Waals surface area contributed by atoms with Crippen molar-refractivity contribution in [2.24, 2.45) is 4.99 Å². The van der Waals surface area contributed by atoms with Crippen LogP contribution in [0.1, 0.15) is 37.5 Å². The maximum atomic E-state index is 13.8. The Kier molecular flexibility index (Phi) is 10.1. The molecule has 0 atom stereocenters. The number of thioether (sulfide) groups is 1. The Labute approximate surface area is 247 Å². The van der Waals surface area contributed by atoms with Crippen LogP contribution < -0.4 is 14.4 Å². The molecular formula is C31H31BrN2O5S. The molecule has 0 aromatic heterocycles. The number of anilines is 1. The molecule has 0 bridgehead atoms. The molecule has 0 aliphatic carbocycles. The number of hydrogen-bond donors (Lipinski definition) is 0. The summed E-state index contributed by atoms with van der Waals surface area (Å²) in [4.78, 5) is 32.4. The predicted octanol–water partition coefficient (Wildman–Crippen LogP) is 7.33. The minimum Gasteiger partial charge on any atom is -0.490 e. The molecule has 1 aliphatic heterocycles. The average molecular weight is 624 g/mol. The number of aryl methyl sites for hydroxylation is 2. The van der Waals surface area contributed by atoms with Crippen molar-refractivity contribution in [1.29, 1.82) is 0 Å². The monoisotopic (exact) mass is 622 g/mol. The van der Waals surface area contributed by atoms with E-state index in [1.807, 2.05) is 55.5 Å². The molecule has 3 aromatic carbocycles. The Morgan fingerprint density at radius 1 is 0.950 bits per heavy atom. The third kappa shape index (κ3) is 6.95. The SMILES string of the molecule is CCOc1cc(/C=C2\SC(=Nc3ccc(CC)cc3)N(c3ccc(CC)cc3)C2=O)c(Br)cc1OCC(=O)OC. The number of hydrogen-bond acceptors (Lipinski definition) is 7. The highest BCUT2D eigenvalue weighted by molar-refractivity contribution is 9.10. The van der Waals surface area contributed by atoms with Gasteiger partial charge in [-0.1, -0.05) is 54.0 Å². The van der Waals surface area contributed by atoms with Crippen molar-refractivity contribution in [2.45, 2.75) is 33.6 Å². The van der Waals surface area contributed by atoms with E-state index in [1.54, 1.807) is 23.1 Å². The Bertz CT molecular complexity index is 1440. The second kappa shape index (κ2) is 13.7. The number of methoxy groups -OCH3 is 1. The molecule has 0 radical (unpaired) electrons. The van der Waals surface area contributed by atoms with Crippen molar-refractivity contribution in [3.8, 4) is 11.5 Å². The van der Waals surface area contributed by atoms with Crippen LogP contribution in [-0.2, 0) is 27.2 Å². The van der Waals surface area contributed by atoms with E-state index in [4.69, 9.17) is 14.5 Å². The van der Waals surface area contributed by atoms with Gasteiger partial charge in [-0.2, -0.15) is 0 Å². The zero-order valence-electron chi connectivity index (χ0n) is 22.9. The minimum absolute atomic E-state index is 0.172. The maximum Gasteiger partial charge on any atom is 0.343 e. The van der Waals surface area contributed by atoms with E-state index in [-0.39, 0.29) is 12.5 Å². The zero-order valence-corrected chi connectivity index (χ0v) is 25.3. The van der Waals surface area contributed by atoms with Crippen LogP contribution in [0.2, 0.25) is 0 Å². The lowest BCUT2D eigenvalue weighted by Gasteiger charge is -2.16. The van der Waals surface area contributed by atoms with Crippen molar-refractivity contribution in [3.05, 3.63) is 86.7 Å². The fourth-order valence-electron chi connectivity index (χ4n) is 3.95. The number of nitrogens with zero attached hydrogens (tertiary/aromatic N) is 2. The molecule has 1 amide bonds. The van der Waals surface area contributed by atoms with Gasteiger partial charge in [0.25, 0.3) is 5.91 Å². The highest BCUT2D eigenvalue weighted by atomic mass is 79.9. The zero-order chi connectivity index (χ0) is 28.6. The van der Waals surface area contributed by atoms with Crippen molar-refractivity contribution in [3.63, 3.8) is 0 Å². The highest BCUT2D eigenvalue weighted by Crippen LogP contribution is 2.40. The quantitative estimate of drug-likeness (QED) is 0.174. The lowest BCUT2D eigenvalue weighted by molar-refractivity contribution is -0.142. The third-order valence-electron chi connectivity index (χ3n) is 6.20. The van der Waals surface area contributed by atoms with E-state index in [1.165, 1.54) is 30.0 Å². The number of ether oxygens (including phenoxy) is 3. The number of carbonyl (C=O) groups excluding carboxylic acids is 2. The van der Waals surface area contributed by atoms with Crippen LogP contribution in [0.25, 0.3) is 6.08 Å². The second-order valence-corrected chi connectivity index (χ2v) is 10.7. The average Bonchev–Trinajstić information content (AvgIpc) is 3.27. The summed E-state index contributed by atoms with van der Waals surface area (Å²) in [5, 5.41) is 0.573. The predicted molar refractivity (Wildman–Crippen MR) is 165 cm³/mol. The van der Waals surface area contributed by atoms with Gasteiger partial charge in [-0.25, -0.2) is 9.79 Å². The van der Waals surface area contributed by atoms with Crippen molar-refractivity contribution >= 4 is 62.2 Å². The summed E-state index contributed by atoms with van der Waals surface area (Å²) in [6, 6.07) is 19.5. The van der Waals surface area contributed by atoms with Crippen LogP contribution in [-0.4, -0.2) is 37.4 Å². The van der Waals surface area contributed by atoms with Gasteiger partial charge in [0.15, 0.2) is 23.3 Å². The molecule has 40 heavy (non-hydrogen) atoms. The van der Waals surface area contributed by atoms with Crippen LogP contribution in [0.3, 0.4) is 0 Å². The molecule has 0 spiro atoms. The van der Waals surface area contributed by atoms with Gasteiger partial charge in [0.05, 0.1) is 30.0 Å². The number of amides is 1. The molecule has 1 saturated heterocycles. The van der Waals surface area contributed by atoms with E-state index in [9.17, 15) is 9.59 Å². The Morgan fingerprint density at radius 2 is 1.57 bits per heavy atom. The Hall–Kier alpha value is -3.56. The van der Waals surface area contributed by atoms with Crippen molar-refractivity contribution in [1.82, 2.24) is 0 Å². The molecule has 0 saturated carbocycles. The number of aliphatic imine (C=N–C) groups is 1. The summed E-state index contributed by atoms with van der Waals surface area (Å²) in [5.74, 6) is 0.172. The number of benzene rings is 3. The van der Waals surface area contributed by atoms with E-state index in [2.05, 4.69) is 34.5 Å². The van der Waals surface area contributed by atoms with E-state index >= 15 is 0 Å². The first-order chi connectivity index (χ1) is 19.4. The van der Waals surface area contributed by atoms with Gasteiger partial charge in [0.2, 0.25) is 0 Å². The van der Waals surface area contributed by atoms with Gasteiger partial charge in [-0.05, 0) is 90.7 Å². The molecule has 4 rings (SSSR count). The standard InChI is InChI=1S/C31H31BrN2O5S/c1-5-20-8-12-23(13-9-20)33-31-34(24-14-10-21(6-2)11-15-24)30(36)28(40-31)17-22-16-26(38-7-3)27(18-25(22)32)39-19-29(35)37-4/h8-18H,5-7,19H2,1-4H3/b28-17-,33-31?. The molecule has 1 aliphatic rings. The van der Waals surface area contributed by atoms with Gasteiger partial charge >= 0.3 is 5.97 Å². The summed E-state index contributed by atoms with van der Waals surface area (Å²) >= 11 is 4.90. The van der Waals surface area contributed by atoms with Crippen LogP contribution >= 0.6 is 27.7 Å². The normalized spacial score (nSPS) is 15.1. The van der Waals surface area contributed by atoms with Gasteiger partial charge in [0.1, 0.15) is 0 Å². The van der Waals surface area contributed by atoms with Crippen LogP contribution in [0.15, 0.2) is 75.0 Å². The van der Waals surface area contributed by atoms with Crippen molar-refractivity contribution < 1.29 is 23.8 Å². The largest absolute Gasteiger partial charge is 0.490 e. The molecule has 3 aromatic rings. The molecule has 1 heterocycles. The van der Waals surface area contributed by atoms with Crippen LogP contribution in [0.4, 0.5) is 11.4 Å². The first-order valence-electron chi connectivity index (χ1n) is 13.0. The first-order valence-corrected chi connectivity index (χ1v) is 14.6. The molecule has 9 heteroatoms. The van der Waals surface area contributed by atoms with Gasteiger partial charge in [-0.15, -0.1) is 0 Å². The Morgan fingerprint density at radius 3 is 2.17 bits per heavy atom. The van der Waals surface area contributed by atoms with Gasteiger partial charge < -0.3 is 14.2 Å². The molecular weight excluding hydrogens is 592 g/mol. The Balaban J connectivity index is 1.73. The highest BCUT2D eigenvalue weighted by Gasteiger charge is 2.35. The minimum atomic E-state index is -0.499. The van der Waals surface area contributed by atoms with Gasteiger partial charge in [0, 0.05) is 4.47 Å². The number of rotatable bonds is 10. The smallest absolute Gasteiger partial charge is 0.343 e. The summed E-state index contributed by atoms with van der Waals surface area (Å²) in [5.41, 5.74) is 4.66. The van der Waals surface area contributed by atoms with E-state index < -0.39 is 5.97 Å². The van der Waals surface area contributed by atoms with Crippen LogP contribution in [0, 0.1) is 0 Å². The number of halogens is 1. The second-order valence-electron chi connectivity index (χ2n) is 8.80. The fourth-order valence-corrected chi connectivity index (χ4v) is 5.38. The molecule has 7 nitrogen and oxygen atoms in total. The summed E-state index contributed by atoms with van der Waals surface area (Å²) in [7, 11) is 1.30. The van der Waals surface area contributed by atoms with Gasteiger partial charge in [-0.3, -0.25) is 9.69 Å². The van der Waals surface area contributed by atoms with E-state index in [0.29, 0.717) is 32.7 Å². The molecule has 1 fully saturated rings. The molecule has 0 unspecified atom stereocenters. The van der Waals surface area contributed by atoms with Crippen molar-refractivity contribution in [2.75, 3.05) is 25.2 Å². The fraction of sp³-hybridized carbons (Fsp3) is 0.258. The molecule has 208 valence electrons. The van der Waals surface area contributed by atoms with E-state index in [0.717, 1.165) is 29.8 Å². The molecule has 0 N–H and O–H groups in total. The number of amidine groups is 1. The topological polar surface area (TPSA) is 77.4 Å². The summed E-state index contributed by atoms with van der Waals surface area (Å²) in [6.45, 7) is 6.22. The summed E-state index contributed by atoms with van der Waals surface area (Å²) < 4.78 is 16.7. The van der Waals surface area contributed by atoms with Crippen LogP contribution in [0.5, 0.6) is 11.5 Å². The first kappa shape index (κ1) is 29.4. The lowest BCUT2D eigenvalue weighted by atomic mass is 10.1. The number of esters is 1. The maximum absolute atomic E-state index is 13.8. The number of carbonyl (C=O) groups is 2.